The molecule has 2 heterocycles. The molecule has 0 aliphatic rings. The second-order valence-corrected chi connectivity index (χ2v) is 4.86. The second kappa shape index (κ2) is 6.51. The monoisotopic (exact) mass is 327 g/mol. The van der Waals surface area contributed by atoms with Crippen molar-refractivity contribution < 1.29 is 9.90 Å². The summed E-state index contributed by atoms with van der Waals surface area (Å²) in [5.74, 6) is -0.347. The molecule has 0 aliphatic carbocycles. The Morgan fingerprint density at radius 1 is 1.35 bits per heavy atom. The maximum Gasteiger partial charge on any atom is 0.211 e. The maximum absolute atomic E-state index is 12.8. The molecule has 23 heavy (non-hydrogen) atoms. The summed E-state index contributed by atoms with van der Waals surface area (Å²) in [7, 11) is 0. The van der Waals surface area contributed by atoms with E-state index in [0.29, 0.717) is 29.0 Å². The van der Waals surface area contributed by atoms with Gasteiger partial charge in [0, 0.05) is 11.8 Å². The van der Waals surface area contributed by atoms with Crippen molar-refractivity contribution in [2.45, 2.75) is 13.3 Å². The van der Waals surface area contributed by atoms with Gasteiger partial charge in [0.1, 0.15) is 23.2 Å². The van der Waals surface area contributed by atoms with E-state index in [0.717, 1.165) is 0 Å². The Kier molecular flexibility index (Phi) is 4.68. The molecule has 1 aromatic carbocycles. The molecule has 3 aromatic rings. The number of aromatic hydroxyl groups is 1. The highest BCUT2D eigenvalue weighted by Crippen LogP contribution is 2.22. The van der Waals surface area contributed by atoms with E-state index in [2.05, 4.69) is 4.98 Å². The summed E-state index contributed by atoms with van der Waals surface area (Å²) >= 11 is 0. The first-order chi connectivity index (χ1) is 10.7. The SMILES string of the molecule is CCc1nc2ccccn2c1C(=O)c1ccc(O)c(C#N)c1.Cl. The molecule has 0 spiro atoms. The smallest absolute Gasteiger partial charge is 0.211 e. The number of pyridine rings is 1. The third-order valence-electron chi connectivity index (χ3n) is 3.53. The van der Waals surface area contributed by atoms with E-state index < -0.39 is 0 Å². The Morgan fingerprint density at radius 3 is 2.83 bits per heavy atom. The van der Waals surface area contributed by atoms with E-state index in [-0.39, 0.29) is 29.5 Å². The molecular weight excluding hydrogens is 314 g/mol. The predicted molar refractivity (Wildman–Crippen MR) is 88.1 cm³/mol. The molecule has 2 aromatic heterocycles. The molecule has 116 valence electrons. The van der Waals surface area contributed by atoms with Gasteiger partial charge in [0.2, 0.25) is 5.78 Å². The second-order valence-electron chi connectivity index (χ2n) is 4.86. The zero-order chi connectivity index (χ0) is 15.7. The van der Waals surface area contributed by atoms with Crippen LogP contribution in [0.15, 0.2) is 42.6 Å². The van der Waals surface area contributed by atoms with E-state index in [9.17, 15) is 9.90 Å². The number of phenols is 1. The van der Waals surface area contributed by atoms with Gasteiger partial charge in [-0.3, -0.25) is 9.20 Å². The van der Waals surface area contributed by atoms with E-state index in [1.54, 1.807) is 10.6 Å². The zero-order valence-corrected chi connectivity index (χ0v) is 13.2. The van der Waals surface area contributed by atoms with E-state index in [1.807, 2.05) is 31.2 Å². The number of imidazole rings is 1. The van der Waals surface area contributed by atoms with E-state index in [1.165, 1.54) is 18.2 Å². The summed E-state index contributed by atoms with van der Waals surface area (Å²) in [6.45, 7) is 1.94. The topological polar surface area (TPSA) is 78.4 Å². The lowest BCUT2D eigenvalue weighted by Crippen LogP contribution is -2.08. The van der Waals surface area contributed by atoms with Gasteiger partial charge in [-0.2, -0.15) is 5.26 Å². The molecule has 0 atom stereocenters. The minimum atomic E-state index is -0.216. The van der Waals surface area contributed by atoms with Crippen LogP contribution in [0.5, 0.6) is 5.75 Å². The number of hydrogen-bond donors (Lipinski definition) is 1. The van der Waals surface area contributed by atoms with Gasteiger partial charge in [-0.25, -0.2) is 4.98 Å². The lowest BCUT2D eigenvalue weighted by atomic mass is 10.0. The van der Waals surface area contributed by atoms with Crippen molar-refractivity contribution in [1.29, 1.82) is 5.26 Å². The third kappa shape index (κ3) is 2.77. The number of aryl methyl sites for hydroxylation is 1. The Morgan fingerprint density at radius 2 is 2.13 bits per heavy atom. The van der Waals surface area contributed by atoms with Gasteiger partial charge in [-0.1, -0.05) is 13.0 Å². The molecule has 0 saturated carbocycles. The highest BCUT2D eigenvalue weighted by Gasteiger charge is 2.20. The predicted octanol–water partition coefficient (Wildman–Crippen LogP) is 3.13. The standard InChI is InChI=1S/C17H13N3O2.ClH/c1-2-13-16(20-8-4-3-5-15(20)19-13)17(22)11-6-7-14(21)12(9-11)10-18;/h3-9,21H,2H2,1H3;1H. The van der Waals surface area contributed by atoms with Gasteiger partial charge in [0.05, 0.1) is 11.3 Å². The average molecular weight is 328 g/mol. The highest BCUT2D eigenvalue weighted by atomic mass is 35.5. The minimum Gasteiger partial charge on any atom is -0.507 e. The van der Waals surface area contributed by atoms with Crippen LogP contribution in [-0.2, 0) is 6.42 Å². The van der Waals surface area contributed by atoms with Crippen LogP contribution in [0.4, 0.5) is 0 Å². The van der Waals surface area contributed by atoms with Crippen LogP contribution in [-0.4, -0.2) is 20.3 Å². The highest BCUT2D eigenvalue weighted by molar-refractivity contribution is 6.09. The van der Waals surface area contributed by atoms with Gasteiger partial charge in [-0.15, -0.1) is 12.4 Å². The number of rotatable bonds is 3. The molecule has 1 N–H and O–H groups in total. The van der Waals surface area contributed by atoms with Crippen LogP contribution in [0.25, 0.3) is 5.65 Å². The lowest BCUT2D eigenvalue weighted by Gasteiger charge is -2.05. The van der Waals surface area contributed by atoms with Gasteiger partial charge in [-0.05, 0) is 36.8 Å². The molecule has 3 rings (SSSR count). The normalized spacial score (nSPS) is 10.1. The van der Waals surface area contributed by atoms with E-state index in [4.69, 9.17) is 5.26 Å². The Labute approximate surface area is 139 Å². The van der Waals surface area contributed by atoms with Crippen LogP contribution in [0.3, 0.4) is 0 Å². The van der Waals surface area contributed by atoms with Crippen molar-refractivity contribution in [3.8, 4) is 11.8 Å². The van der Waals surface area contributed by atoms with Gasteiger partial charge < -0.3 is 5.11 Å². The molecule has 5 nitrogen and oxygen atoms in total. The Bertz CT molecular complexity index is 925. The van der Waals surface area contributed by atoms with Crippen LogP contribution < -0.4 is 0 Å². The first-order valence-corrected chi connectivity index (χ1v) is 6.89. The van der Waals surface area contributed by atoms with Crippen molar-refractivity contribution in [3.05, 3.63) is 65.1 Å². The summed E-state index contributed by atoms with van der Waals surface area (Å²) in [5, 5.41) is 18.6. The van der Waals surface area contributed by atoms with Crippen LogP contribution in [0.1, 0.15) is 34.2 Å². The molecule has 0 aliphatic heterocycles. The summed E-state index contributed by atoms with van der Waals surface area (Å²) in [4.78, 5) is 17.3. The Hall–Kier alpha value is -2.84. The minimum absolute atomic E-state index is 0. The number of halogens is 1. The summed E-state index contributed by atoms with van der Waals surface area (Å²) in [5.41, 5.74) is 2.35. The molecule has 6 heteroatoms. The molecule has 0 bridgehead atoms. The first kappa shape index (κ1) is 16.5. The van der Waals surface area contributed by atoms with Crippen LogP contribution >= 0.6 is 12.4 Å². The van der Waals surface area contributed by atoms with Gasteiger partial charge in [0.15, 0.2) is 0 Å². The fourth-order valence-electron chi connectivity index (χ4n) is 2.44. The number of fused-ring (bicyclic) bond motifs is 1. The fourth-order valence-corrected chi connectivity index (χ4v) is 2.44. The number of phenolic OH excluding ortho intramolecular Hbond substituents is 1. The molecule has 0 unspecified atom stereocenters. The summed E-state index contributed by atoms with van der Waals surface area (Å²) in [6, 6.07) is 11.7. The first-order valence-electron chi connectivity index (χ1n) is 6.89. The van der Waals surface area contributed by atoms with Gasteiger partial charge >= 0.3 is 0 Å². The third-order valence-corrected chi connectivity index (χ3v) is 3.53. The van der Waals surface area contributed by atoms with Crippen molar-refractivity contribution in [2.24, 2.45) is 0 Å². The van der Waals surface area contributed by atoms with Crippen molar-refractivity contribution in [1.82, 2.24) is 9.38 Å². The van der Waals surface area contributed by atoms with Crippen LogP contribution in [0, 0.1) is 11.3 Å². The fraction of sp³-hybridized carbons (Fsp3) is 0.118. The quantitative estimate of drug-likeness (QED) is 0.750. The van der Waals surface area contributed by atoms with Crippen molar-refractivity contribution >= 4 is 23.8 Å². The number of nitrogens with zero attached hydrogens (tertiary/aromatic N) is 3. The number of nitriles is 1. The molecule has 0 radical (unpaired) electrons. The molecule has 0 fully saturated rings. The molecule has 0 saturated heterocycles. The summed E-state index contributed by atoms with van der Waals surface area (Å²) < 4.78 is 1.75. The number of hydrogen-bond acceptors (Lipinski definition) is 4. The number of carbonyl (C=O) groups is 1. The number of carbonyl (C=O) groups excluding carboxylic acids is 1. The Balaban J connectivity index is 0.00000192. The largest absolute Gasteiger partial charge is 0.507 e. The lowest BCUT2D eigenvalue weighted by molar-refractivity contribution is 0.103. The number of benzene rings is 1. The van der Waals surface area contributed by atoms with Crippen molar-refractivity contribution in [2.75, 3.05) is 0 Å². The molecule has 0 amide bonds. The van der Waals surface area contributed by atoms with Crippen molar-refractivity contribution in [3.63, 3.8) is 0 Å². The van der Waals surface area contributed by atoms with Gasteiger partial charge in [0.25, 0.3) is 0 Å². The maximum atomic E-state index is 12.8. The zero-order valence-electron chi connectivity index (χ0n) is 12.4. The van der Waals surface area contributed by atoms with E-state index >= 15 is 0 Å². The van der Waals surface area contributed by atoms with Crippen LogP contribution in [0.2, 0.25) is 0 Å². The number of aromatic nitrogens is 2. The molecular formula is C17H14ClN3O2. The average Bonchev–Trinajstić information content (AvgIpc) is 2.93. The summed E-state index contributed by atoms with van der Waals surface area (Å²) in [6.07, 6.45) is 2.42. The number of ketones is 1.